The second-order valence-corrected chi connectivity index (χ2v) is 8.01. The molecule has 0 unspecified atom stereocenters. The summed E-state index contributed by atoms with van der Waals surface area (Å²) in [5, 5.41) is 3.33. The van der Waals surface area contributed by atoms with E-state index in [9.17, 15) is 9.59 Å². The van der Waals surface area contributed by atoms with Crippen molar-refractivity contribution in [2.75, 3.05) is 13.2 Å². The number of amides is 2. The zero-order chi connectivity index (χ0) is 21.2. The van der Waals surface area contributed by atoms with Crippen LogP contribution in [-0.4, -0.2) is 35.9 Å². The Kier molecular flexibility index (Phi) is 9.48. The lowest BCUT2D eigenvalue weighted by Crippen LogP contribution is -2.49. The second kappa shape index (κ2) is 11.8. The van der Waals surface area contributed by atoms with Gasteiger partial charge in [0.1, 0.15) is 11.8 Å². The average molecular weight is 482 g/mol. The number of ether oxygens (including phenoxy) is 1. The van der Waals surface area contributed by atoms with Crippen LogP contribution in [0.15, 0.2) is 53.0 Å². The van der Waals surface area contributed by atoms with Crippen LogP contribution >= 0.6 is 27.5 Å². The number of hydrogen-bond acceptors (Lipinski definition) is 3. The molecule has 0 radical (unpaired) electrons. The summed E-state index contributed by atoms with van der Waals surface area (Å²) in [4.78, 5) is 27.1. The molecule has 0 aromatic heterocycles. The Morgan fingerprint density at radius 1 is 1.21 bits per heavy atom. The van der Waals surface area contributed by atoms with Gasteiger partial charge in [-0.05, 0) is 43.2 Å². The lowest BCUT2D eigenvalue weighted by Gasteiger charge is -2.29. The number of nitrogens with one attached hydrogen (secondary N) is 1. The van der Waals surface area contributed by atoms with Crippen LogP contribution < -0.4 is 10.1 Å². The Morgan fingerprint density at radius 3 is 2.66 bits per heavy atom. The molecule has 0 bridgehead atoms. The van der Waals surface area contributed by atoms with Gasteiger partial charge in [0, 0.05) is 17.6 Å². The highest BCUT2D eigenvalue weighted by molar-refractivity contribution is 9.10. The molecule has 0 aliphatic carbocycles. The van der Waals surface area contributed by atoms with Crippen LogP contribution in [0, 0.1) is 0 Å². The highest BCUT2D eigenvalue weighted by Crippen LogP contribution is 2.23. The fourth-order valence-electron chi connectivity index (χ4n) is 2.73. The molecule has 0 saturated heterocycles. The van der Waals surface area contributed by atoms with E-state index in [-0.39, 0.29) is 18.4 Å². The summed E-state index contributed by atoms with van der Waals surface area (Å²) in [7, 11) is 0. The van der Waals surface area contributed by atoms with E-state index in [1.807, 2.05) is 24.3 Å². The van der Waals surface area contributed by atoms with Crippen LogP contribution in [0.3, 0.4) is 0 Å². The number of carbonyl (C=O) groups excluding carboxylic acids is 2. The molecule has 1 N–H and O–H groups in total. The maximum Gasteiger partial charge on any atom is 0.261 e. The van der Waals surface area contributed by atoms with E-state index in [4.69, 9.17) is 16.3 Å². The van der Waals surface area contributed by atoms with Crippen LogP contribution in [0.25, 0.3) is 0 Å². The van der Waals surface area contributed by atoms with Gasteiger partial charge in [-0.3, -0.25) is 9.59 Å². The summed E-state index contributed by atoms with van der Waals surface area (Å²) < 4.78 is 6.52. The van der Waals surface area contributed by atoms with Crippen molar-refractivity contribution >= 4 is 39.3 Å². The maximum absolute atomic E-state index is 13.0. The molecule has 156 valence electrons. The zero-order valence-electron chi connectivity index (χ0n) is 16.7. The van der Waals surface area contributed by atoms with Gasteiger partial charge in [-0.1, -0.05) is 65.1 Å². The van der Waals surface area contributed by atoms with Gasteiger partial charge in [0.25, 0.3) is 5.91 Å². The normalized spacial score (nSPS) is 11.6. The van der Waals surface area contributed by atoms with Crippen LogP contribution in [0.5, 0.6) is 5.75 Å². The molecular formula is C22H26BrClN2O3. The third kappa shape index (κ3) is 7.37. The number of rotatable bonds is 10. The van der Waals surface area contributed by atoms with E-state index in [2.05, 4.69) is 28.2 Å². The number of carbonyl (C=O) groups is 2. The SMILES string of the molecule is CCCCNC(=O)[C@@H](C)N(Cc1cccc(Br)c1)C(=O)COc1ccccc1Cl. The third-order valence-electron chi connectivity index (χ3n) is 4.43. The van der Waals surface area contributed by atoms with Crippen LogP contribution in [0.2, 0.25) is 5.02 Å². The molecule has 0 fully saturated rings. The molecular weight excluding hydrogens is 456 g/mol. The van der Waals surface area contributed by atoms with E-state index in [1.54, 1.807) is 31.2 Å². The predicted octanol–water partition coefficient (Wildman–Crippen LogP) is 4.81. The first kappa shape index (κ1) is 23.2. The minimum absolute atomic E-state index is 0.181. The van der Waals surface area contributed by atoms with Gasteiger partial charge < -0.3 is 15.0 Å². The Bertz CT molecular complexity index is 831. The van der Waals surface area contributed by atoms with Crippen LogP contribution in [-0.2, 0) is 16.1 Å². The summed E-state index contributed by atoms with van der Waals surface area (Å²) >= 11 is 9.54. The standard InChI is InChI=1S/C22H26BrClN2O3/c1-3-4-12-25-22(28)16(2)26(14-17-8-7-9-18(23)13-17)21(27)15-29-20-11-6-5-10-19(20)24/h5-11,13,16H,3-4,12,14-15H2,1-2H3,(H,25,28)/t16-/m1/s1. The molecule has 0 heterocycles. The Hall–Kier alpha value is -2.05. The van der Waals surface area contributed by atoms with Crippen molar-refractivity contribution in [2.45, 2.75) is 39.3 Å². The Balaban J connectivity index is 2.12. The number of nitrogens with zero attached hydrogens (tertiary/aromatic N) is 1. The van der Waals surface area contributed by atoms with E-state index >= 15 is 0 Å². The van der Waals surface area contributed by atoms with Crippen molar-refractivity contribution < 1.29 is 14.3 Å². The Morgan fingerprint density at radius 2 is 1.97 bits per heavy atom. The molecule has 0 aliphatic rings. The molecule has 7 heteroatoms. The van der Waals surface area contributed by atoms with Gasteiger partial charge in [0.05, 0.1) is 5.02 Å². The average Bonchev–Trinajstić information content (AvgIpc) is 2.71. The first-order valence-corrected chi connectivity index (χ1v) is 10.8. The second-order valence-electron chi connectivity index (χ2n) is 6.69. The molecule has 0 saturated carbocycles. The van der Waals surface area contributed by atoms with Gasteiger partial charge in [-0.15, -0.1) is 0 Å². The van der Waals surface area contributed by atoms with Crippen molar-refractivity contribution in [1.82, 2.24) is 10.2 Å². The van der Waals surface area contributed by atoms with Crippen LogP contribution in [0.1, 0.15) is 32.3 Å². The fraction of sp³-hybridized carbons (Fsp3) is 0.364. The first-order valence-electron chi connectivity index (χ1n) is 9.61. The molecule has 2 aromatic carbocycles. The molecule has 2 rings (SSSR count). The number of unbranched alkanes of at least 4 members (excludes halogenated alkanes) is 1. The van der Waals surface area contributed by atoms with Gasteiger partial charge in [-0.2, -0.15) is 0 Å². The van der Waals surface area contributed by atoms with Crippen LogP contribution in [0.4, 0.5) is 0 Å². The van der Waals surface area contributed by atoms with Gasteiger partial charge in [-0.25, -0.2) is 0 Å². The summed E-state index contributed by atoms with van der Waals surface area (Å²) in [6.07, 6.45) is 1.88. The van der Waals surface area contributed by atoms with E-state index < -0.39 is 6.04 Å². The minimum Gasteiger partial charge on any atom is -0.482 e. The fourth-order valence-corrected chi connectivity index (χ4v) is 3.37. The lowest BCUT2D eigenvalue weighted by atomic mass is 10.1. The summed E-state index contributed by atoms with van der Waals surface area (Å²) in [6, 6.07) is 14.0. The molecule has 1 atom stereocenters. The Labute approximate surface area is 185 Å². The summed E-state index contributed by atoms with van der Waals surface area (Å²) in [6.45, 7) is 4.48. The van der Waals surface area contributed by atoms with Crippen molar-refractivity contribution in [1.29, 1.82) is 0 Å². The molecule has 29 heavy (non-hydrogen) atoms. The number of para-hydroxylation sites is 1. The van der Waals surface area contributed by atoms with E-state index in [0.29, 0.717) is 23.9 Å². The number of hydrogen-bond donors (Lipinski definition) is 1. The van der Waals surface area contributed by atoms with Crippen molar-refractivity contribution in [3.8, 4) is 5.75 Å². The van der Waals surface area contributed by atoms with Gasteiger partial charge >= 0.3 is 0 Å². The quantitative estimate of drug-likeness (QED) is 0.495. The third-order valence-corrected chi connectivity index (χ3v) is 5.23. The van der Waals surface area contributed by atoms with Crippen molar-refractivity contribution in [3.63, 3.8) is 0 Å². The smallest absolute Gasteiger partial charge is 0.261 e. The first-order chi connectivity index (χ1) is 13.9. The van der Waals surface area contributed by atoms with Crippen molar-refractivity contribution in [3.05, 3.63) is 63.6 Å². The monoisotopic (exact) mass is 480 g/mol. The largest absolute Gasteiger partial charge is 0.482 e. The highest BCUT2D eigenvalue weighted by Gasteiger charge is 2.26. The number of halogens is 2. The highest BCUT2D eigenvalue weighted by atomic mass is 79.9. The summed E-state index contributed by atoms with van der Waals surface area (Å²) in [5.41, 5.74) is 0.915. The van der Waals surface area contributed by atoms with E-state index in [1.165, 1.54) is 4.90 Å². The molecule has 2 aromatic rings. The van der Waals surface area contributed by atoms with Crippen molar-refractivity contribution in [2.24, 2.45) is 0 Å². The van der Waals surface area contributed by atoms with Gasteiger partial charge in [0.2, 0.25) is 5.91 Å². The minimum atomic E-state index is -0.631. The van der Waals surface area contributed by atoms with Gasteiger partial charge in [0.15, 0.2) is 6.61 Å². The van der Waals surface area contributed by atoms with E-state index in [0.717, 1.165) is 22.9 Å². The zero-order valence-corrected chi connectivity index (χ0v) is 19.0. The number of benzene rings is 2. The topological polar surface area (TPSA) is 58.6 Å². The predicted molar refractivity (Wildman–Crippen MR) is 119 cm³/mol. The lowest BCUT2D eigenvalue weighted by molar-refractivity contribution is -0.142. The molecule has 0 aliphatic heterocycles. The molecule has 5 nitrogen and oxygen atoms in total. The molecule has 0 spiro atoms. The maximum atomic E-state index is 13.0. The summed E-state index contributed by atoms with van der Waals surface area (Å²) in [5.74, 6) is -0.0347. The molecule has 2 amide bonds.